The van der Waals surface area contributed by atoms with Gasteiger partial charge in [-0.2, -0.15) is 0 Å². The minimum Gasteiger partial charge on any atom is -0.497 e. The van der Waals surface area contributed by atoms with Crippen LogP contribution in [0.2, 0.25) is 5.02 Å². The van der Waals surface area contributed by atoms with Crippen LogP contribution in [-0.2, 0) is 15.9 Å². The molecule has 0 saturated carbocycles. The molecule has 340 valence electrons. The number of carbonyl (C=O) groups is 4. The first-order valence-corrected chi connectivity index (χ1v) is 21.0. The Morgan fingerprint density at radius 1 is 0.716 bits per heavy atom. The fraction of sp³-hybridized carbons (Fsp3) is 0.167. The van der Waals surface area contributed by atoms with Gasteiger partial charge in [0.2, 0.25) is 0 Å². The number of aromatic nitrogens is 6. The third-order valence-corrected chi connectivity index (χ3v) is 11.3. The van der Waals surface area contributed by atoms with Crippen molar-refractivity contribution in [3.05, 3.63) is 149 Å². The van der Waals surface area contributed by atoms with Crippen molar-refractivity contribution < 1.29 is 37.8 Å². The van der Waals surface area contributed by atoms with E-state index < -0.39 is 12.2 Å². The second kappa shape index (κ2) is 19.4. The van der Waals surface area contributed by atoms with Gasteiger partial charge >= 0.3 is 12.2 Å². The van der Waals surface area contributed by atoms with Crippen LogP contribution >= 0.6 is 11.6 Å². The molecule has 1 aliphatic rings. The van der Waals surface area contributed by atoms with E-state index in [1.807, 2.05) is 6.07 Å². The van der Waals surface area contributed by atoms with Crippen LogP contribution in [0.15, 0.2) is 116 Å². The van der Waals surface area contributed by atoms with Crippen molar-refractivity contribution in [2.75, 3.05) is 55.4 Å². The predicted molar refractivity (Wildman–Crippen MR) is 251 cm³/mol. The summed E-state index contributed by atoms with van der Waals surface area (Å²) >= 11 is 6.31. The maximum Gasteiger partial charge on any atom is 0.412 e. The number of pyridine rings is 4. The standard InChI is InChI=1S/C25H22FN5O3.C23H20ClN5O4/c1-15-5-6-16-4-3-11-30(23(16)22(15)26)24(32)18-8-10-21-28-13-19(31(21)14-18)17-7-9-20(27-12-17)29-25(33)34-2;1-28(18-10-16(32-2)6-7-17(18)24)22(30)15-5-9-21-26-12-19(29(21)13-15)14-4-8-20(25-11-14)27-23(31)33-3/h5-10,12-14H,3-4,11H2,1-2H3,(H,27,29,33);4-13H,1-3H3,(H,25,27,31). The average Bonchev–Trinajstić information content (AvgIpc) is 3.99. The van der Waals surface area contributed by atoms with Crippen molar-refractivity contribution in [3.63, 3.8) is 0 Å². The number of nitrogens with zero attached hydrogens (tertiary/aromatic N) is 8. The van der Waals surface area contributed by atoms with Crippen molar-refractivity contribution in [1.29, 1.82) is 0 Å². The molecule has 0 fully saturated rings. The van der Waals surface area contributed by atoms with Crippen LogP contribution in [0.1, 0.15) is 38.3 Å². The largest absolute Gasteiger partial charge is 0.497 e. The maximum atomic E-state index is 15.0. The zero-order valence-electron chi connectivity index (χ0n) is 36.8. The van der Waals surface area contributed by atoms with Crippen molar-refractivity contribution in [1.82, 2.24) is 28.7 Å². The van der Waals surface area contributed by atoms with Crippen LogP contribution in [0.25, 0.3) is 33.8 Å². The van der Waals surface area contributed by atoms with Crippen LogP contribution in [-0.4, -0.2) is 87.7 Å². The number of imidazole rings is 2. The van der Waals surface area contributed by atoms with E-state index >= 15 is 0 Å². The summed E-state index contributed by atoms with van der Waals surface area (Å²) in [7, 11) is 5.76. The molecule has 67 heavy (non-hydrogen) atoms. The molecule has 7 heterocycles. The van der Waals surface area contributed by atoms with Gasteiger partial charge in [-0.3, -0.25) is 29.0 Å². The average molecular weight is 925 g/mol. The van der Waals surface area contributed by atoms with Crippen molar-refractivity contribution in [2.45, 2.75) is 19.8 Å². The highest BCUT2D eigenvalue weighted by Gasteiger charge is 2.28. The highest BCUT2D eigenvalue weighted by Crippen LogP contribution is 2.34. The molecule has 19 heteroatoms. The quantitative estimate of drug-likeness (QED) is 0.148. The molecule has 0 radical (unpaired) electrons. The van der Waals surface area contributed by atoms with Gasteiger partial charge < -0.3 is 24.0 Å². The molecule has 6 aromatic heterocycles. The van der Waals surface area contributed by atoms with E-state index in [9.17, 15) is 23.6 Å². The lowest BCUT2D eigenvalue weighted by Gasteiger charge is -2.30. The molecule has 2 N–H and O–H groups in total. The van der Waals surface area contributed by atoms with Gasteiger partial charge in [-0.1, -0.05) is 23.7 Å². The van der Waals surface area contributed by atoms with Gasteiger partial charge in [0, 0.05) is 55.6 Å². The lowest BCUT2D eigenvalue weighted by atomic mass is 9.98. The second-order valence-electron chi connectivity index (χ2n) is 15.1. The summed E-state index contributed by atoms with van der Waals surface area (Å²) in [5.41, 5.74) is 7.43. The van der Waals surface area contributed by atoms with E-state index in [0.717, 1.165) is 40.9 Å². The van der Waals surface area contributed by atoms with Gasteiger partial charge in [0.15, 0.2) is 0 Å². The van der Waals surface area contributed by atoms with Gasteiger partial charge in [0.05, 0.1) is 72.6 Å². The summed E-state index contributed by atoms with van der Waals surface area (Å²) < 4.78 is 33.0. The fourth-order valence-corrected chi connectivity index (χ4v) is 7.71. The van der Waals surface area contributed by atoms with E-state index in [1.54, 1.807) is 140 Å². The number of methoxy groups -OCH3 is 3. The van der Waals surface area contributed by atoms with E-state index in [-0.39, 0.29) is 17.6 Å². The normalized spacial score (nSPS) is 11.8. The minimum atomic E-state index is -0.607. The molecule has 8 aromatic rings. The number of aryl methyl sites for hydroxylation is 2. The summed E-state index contributed by atoms with van der Waals surface area (Å²) in [6, 6.07) is 22.6. The first kappa shape index (κ1) is 45.2. The van der Waals surface area contributed by atoms with Gasteiger partial charge in [0.25, 0.3) is 11.8 Å². The number of benzene rings is 2. The van der Waals surface area contributed by atoms with E-state index in [1.165, 1.54) is 24.0 Å². The number of fused-ring (bicyclic) bond motifs is 3. The number of hydrogen-bond acceptors (Lipinski definition) is 11. The molecule has 0 aliphatic carbocycles. The number of halogens is 2. The molecule has 0 atom stereocenters. The van der Waals surface area contributed by atoms with E-state index in [2.05, 4.69) is 40.0 Å². The Kier molecular flexibility index (Phi) is 13.1. The van der Waals surface area contributed by atoms with Crippen molar-refractivity contribution in [2.24, 2.45) is 0 Å². The first-order valence-electron chi connectivity index (χ1n) is 20.7. The van der Waals surface area contributed by atoms with Gasteiger partial charge in [-0.05, 0) is 91.6 Å². The van der Waals surface area contributed by atoms with E-state index in [4.69, 9.17) is 16.3 Å². The second-order valence-corrected chi connectivity index (χ2v) is 15.5. The highest BCUT2D eigenvalue weighted by atomic mass is 35.5. The Hall–Kier alpha value is -8.38. The smallest absolute Gasteiger partial charge is 0.412 e. The number of ether oxygens (including phenoxy) is 3. The van der Waals surface area contributed by atoms with Crippen molar-refractivity contribution in [3.8, 4) is 28.3 Å². The Morgan fingerprint density at radius 2 is 1.30 bits per heavy atom. The summed E-state index contributed by atoms with van der Waals surface area (Å²) in [6.07, 6.45) is 10.3. The number of hydrogen-bond donors (Lipinski definition) is 2. The molecule has 1 aliphatic heterocycles. The van der Waals surface area contributed by atoms with Crippen LogP contribution in [0.3, 0.4) is 0 Å². The fourth-order valence-electron chi connectivity index (χ4n) is 7.47. The van der Waals surface area contributed by atoms with Crippen LogP contribution in [0, 0.1) is 12.7 Å². The molecule has 4 amide bonds. The number of nitrogens with one attached hydrogen (secondary N) is 2. The number of carbonyl (C=O) groups excluding carboxylic acids is 4. The number of anilines is 4. The topological polar surface area (TPSA) is 187 Å². The van der Waals surface area contributed by atoms with Crippen LogP contribution < -0.4 is 25.2 Å². The SMILES string of the molecule is COC(=O)Nc1ccc(-c2cnc3ccc(C(=O)N(C)c4cc(OC)ccc4Cl)cn23)cn1.COC(=O)Nc1ccc(-c2cnc3ccc(C(=O)N4CCCc5ccc(C)c(F)c54)cn23)cn1. The maximum absolute atomic E-state index is 15.0. The zero-order chi connectivity index (χ0) is 47.4. The third-order valence-electron chi connectivity index (χ3n) is 11.0. The zero-order valence-corrected chi connectivity index (χ0v) is 37.5. The Bertz CT molecular complexity index is 3180. The number of rotatable bonds is 8. The number of amides is 4. The molecule has 2 aromatic carbocycles. The Labute approximate surface area is 387 Å². The monoisotopic (exact) mass is 924 g/mol. The summed E-state index contributed by atoms with van der Waals surface area (Å²) in [5.74, 6) is 0.444. The molecule has 9 rings (SSSR count). The Balaban J connectivity index is 0.000000182. The summed E-state index contributed by atoms with van der Waals surface area (Å²) in [5, 5.41) is 5.44. The van der Waals surface area contributed by atoms with Crippen LogP contribution in [0.5, 0.6) is 5.75 Å². The first-order chi connectivity index (χ1) is 32.4. The summed E-state index contributed by atoms with van der Waals surface area (Å²) in [4.78, 5) is 69.7. The molecular weight excluding hydrogens is 883 g/mol. The minimum absolute atomic E-state index is 0.248. The molecule has 0 saturated heterocycles. The molecule has 0 bridgehead atoms. The molecule has 0 unspecified atom stereocenters. The van der Waals surface area contributed by atoms with Gasteiger partial charge in [-0.25, -0.2) is 33.9 Å². The molecule has 0 spiro atoms. The van der Waals surface area contributed by atoms with Crippen molar-refractivity contribution >= 4 is 69.9 Å². The van der Waals surface area contributed by atoms with Crippen LogP contribution in [0.4, 0.5) is 37.0 Å². The lowest BCUT2D eigenvalue weighted by molar-refractivity contribution is 0.0979. The molecular formula is C48H42ClFN10O7. The van der Waals surface area contributed by atoms with E-state index in [0.29, 0.717) is 68.3 Å². The van der Waals surface area contributed by atoms with Gasteiger partial charge in [0.1, 0.15) is 34.5 Å². The van der Waals surface area contributed by atoms with Gasteiger partial charge in [-0.15, -0.1) is 0 Å². The Morgan fingerprint density at radius 3 is 1.85 bits per heavy atom. The summed E-state index contributed by atoms with van der Waals surface area (Å²) in [6.45, 7) is 2.16. The highest BCUT2D eigenvalue weighted by molar-refractivity contribution is 6.34. The lowest BCUT2D eigenvalue weighted by Crippen LogP contribution is -2.36. The molecule has 17 nitrogen and oxygen atoms in total. The third kappa shape index (κ3) is 9.41. The predicted octanol–water partition coefficient (Wildman–Crippen LogP) is 9.13.